The van der Waals surface area contributed by atoms with Gasteiger partial charge in [0.2, 0.25) is 5.95 Å². The molecule has 134 valence electrons. The molecule has 0 spiro atoms. The molecule has 3 rings (SSSR count). The molecule has 1 aliphatic rings. The number of rotatable bonds is 4. The van der Waals surface area contributed by atoms with E-state index in [0.717, 1.165) is 42.9 Å². The maximum Gasteiger partial charge on any atom is 0.272 e. The van der Waals surface area contributed by atoms with Crippen molar-refractivity contribution in [2.45, 2.75) is 39.7 Å². The molecule has 0 radical (unpaired) electrons. The molecule has 0 bridgehead atoms. The summed E-state index contributed by atoms with van der Waals surface area (Å²) < 4.78 is 1.82. The molecule has 7 nitrogen and oxygen atoms in total. The second kappa shape index (κ2) is 7.00. The minimum Gasteiger partial charge on any atom is -0.344 e. The second-order valence-electron chi connectivity index (χ2n) is 6.46. The smallest absolute Gasteiger partial charge is 0.272 e. The van der Waals surface area contributed by atoms with E-state index in [2.05, 4.69) is 25.3 Å². The zero-order chi connectivity index (χ0) is 18.1. The zero-order valence-electron chi connectivity index (χ0n) is 15.0. The standard InChI is InChI=1S/C17H23ClN6O/c1-10(14-11(2)22-23(4)12(14)3)20-16(25)15-13(18)9-19-17(21-15)24-7-5-6-8-24/h9-10H,5-8H2,1-4H3,(H,20,25). The first-order chi connectivity index (χ1) is 11.9. The Morgan fingerprint density at radius 3 is 2.60 bits per heavy atom. The van der Waals surface area contributed by atoms with Crippen LogP contribution in [-0.2, 0) is 7.05 Å². The van der Waals surface area contributed by atoms with E-state index >= 15 is 0 Å². The number of halogens is 1. The summed E-state index contributed by atoms with van der Waals surface area (Å²) in [7, 11) is 1.89. The van der Waals surface area contributed by atoms with Crippen molar-refractivity contribution in [3.63, 3.8) is 0 Å². The summed E-state index contributed by atoms with van der Waals surface area (Å²) in [6.45, 7) is 7.68. The molecule has 1 aliphatic heterocycles. The number of carbonyl (C=O) groups is 1. The van der Waals surface area contributed by atoms with Crippen LogP contribution in [0.2, 0.25) is 5.02 Å². The van der Waals surface area contributed by atoms with Gasteiger partial charge in [0.15, 0.2) is 5.69 Å². The minimum atomic E-state index is -0.303. The molecule has 0 aromatic carbocycles. The fourth-order valence-corrected chi connectivity index (χ4v) is 3.52. The Bertz CT molecular complexity index is 797. The van der Waals surface area contributed by atoms with Gasteiger partial charge in [0.05, 0.1) is 23.0 Å². The molecule has 1 fully saturated rings. The van der Waals surface area contributed by atoms with E-state index in [1.807, 2.05) is 32.5 Å². The molecule has 0 aliphatic carbocycles. The van der Waals surface area contributed by atoms with Crippen LogP contribution in [0, 0.1) is 13.8 Å². The van der Waals surface area contributed by atoms with Gasteiger partial charge in [-0.3, -0.25) is 9.48 Å². The average Bonchev–Trinajstić information content (AvgIpc) is 3.17. The Labute approximate surface area is 152 Å². The molecule has 1 amide bonds. The van der Waals surface area contributed by atoms with E-state index in [0.29, 0.717) is 5.95 Å². The van der Waals surface area contributed by atoms with Crippen LogP contribution in [0.5, 0.6) is 0 Å². The highest BCUT2D eigenvalue weighted by Gasteiger charge is 2.23. The van der Waals surface area contributed by atoms with Crippen LogP contribution in [0.4, 0.5) is 5.95 Å². The van der Waals surface area contributed by atoms with Crippen molar-refractivity contribution >= 4 is 23.5 Å². The largest absolute Gasteiger partial charge is 0.344 e. The van der Waals surface area contributed by atoms with Gasteiger partial charge in [0.25, 0.3) is 5.91 Å². The molecule has 1 atom stereocenters. The third-order valence-electron chi connectivity index (χ3n) is 4.68. The van der Waals surface area contributed by atoms with Crippen LogP contribution in [-0.4, -0.2) is 38.7 Å². The zero-order valence-corrected chi connectivity index (χ0v) is 15.8. The van der Waals surface area contributed by atoms with E-state index in [4.69, 9.17) is 11.6 Å². The van der Waals surface area contributed by atoms with Gasteiger partial charge in [-0.2, -0.15) is 5.10 Å². The Hall–Kier alpha value is -2.15. The third kappa shape index (κ3) is 3.46. The van der Waals surface area contributed by atoms with E-state index in [1.165, 1.54) is 6.20 Å². The first kappa shape index (κ1) is 17.7. The van der Waals surface area contributed by atoms with Gasteiger partial charge >= 0.3 is 0 Å². The van der Waals surface area contributed by atoms with E-state index in [9.17, 15) is 4.79 Å². The summed E-state index contributed by atoms with van der Waals surface area (Å²) >= 11 is 6.17. The topological polar surface area (TPSA) is 75.9 Å². The number of nitrogens with zero attached hydrogens (tertiary/aromatic N) is 5. The van der Waals surface area contributed by atoms with E-state index in [1.54, 1.807) is 0 Å². The van der Waals surface area contributed by atoms with Gasteiger partial charge in [-0.25, -0.2) is 9.97 Å². The van der Waals surface area contributed by atoms with Crippen molar-refractivity contribution in [3.8, 4) is 0 Å². The molecule has 8 heteroatoms. The summed E-state index contributed by atoms with van der Waals surface area (Å²) in [5.74, 6) is 0.261. The summed E-state index contributed by atoms with van der Waals surface area (Å²) in [6, 6.07) is -0.192. The SMILES string of the molecule is Cc1nn(C)c(C)c1C(C)NC(=O)c1nc(N2CCCC2)ncc1Cl. The maximum atomic E-state index is 12.7. The molecule has 0 saturated carbocycles. The first-order valence-corrected chi connectivity index (χ1v) is 8.84. The molecule has 2 aromatic heterocycles. The molecule has 1 unspecified atom stereocenters. The Morgan fingerprint density at radius 2 is 2.00 bits per heavy atom. The summed E-state index contributed by atoms with van der Waals surface area (Å²) in [5.41, 5.74) is 3.15. The lowest BCUT2D eigenvalue weighted by Crippen LogP contribution is -2.29. The number of aromatic nitrogens is 4. The first-order valence-electron chi connectivity index (χ1n) is 8.47. The molecule has 1 saturated heterocycles. The van der Waals surface area contributed by atoms with Crippen LogP contribution < -0.4 is 10.2 Å². The van der Waals surface area contributed by atoms with Gasteiger partial charge in [-0.1, -0.05) is 11.6 Å². The lowest BCUT2D eigenvalue weighted by molar-refractivity contribution is 0.0934. The van der Waals surface area contributed by atoms with Gasteiger partial charge < -0.3 is 10.2 Å². The van der Waals surface area contributed by atoms with Crippen LogP contribution in [0.15, 0.2) is 6.20 Å². The highest BCUT2D eigenvalue weighted by molar-refractivity contribution is 6.33. The fourth-order valence-electron chi connectivity index (χ4n) is 3.34. The number of aryl methyl sites for hydroxylation is 2. The molecule has 1 N–H and O–H groups in total. The van der Waals surface area contributed by atoms with Crippen LogP contribution in [0.3, 0.4) is 0 Å². The highest BCUT2D eigenvalue weighted by Crippen LogP contribution is 2.23. The molecule has 3 heterocycles. The van der Waals surface area contributed by atoms with Crippen molar-refractivity contribution in [3.05, 3.63) is 33.9 Å². The number of nitrogens with one attached hydrogen (secondary N) is 1. The van der Waals surface area contributed by atoms with Crippen LogP contribution in [0.1, 0.15) is 53.2 Å². The van der Waals surface area contributed by atoms with Crippen LogP contribution >= 0.6 is 11.6 Å². The summed E-state index contributed by atoms with van der Waals surface area (Å²) in [4.78, 5) is 23.5. The van der Waals surface area contributed by atoms with Crippen LogP contribution in [0.25, 0.3) is 0 Å². The van der Waals surface area contributed by atoms with Crippen molar-refractivity contribution in [2.75, 3.05) is 18.0 Å². The lowest BCUT2D eigenvalue weighted by Gasteiger charge is -2.18. The van der Waals surface area contributed by atoms with Crippen molar-refractivity contribution < 1.29 is 4.79 Å². The van der Waals surface area contributed by atoms with Gasteiger partial charge in [0.1, 0.15) is 0 Å². The van der Waals surface area contributed by atoms with E-state index in [-0.39, 0.29) is 22.7 Å². The third-order valence-corrected chi connectivity index (χ3v) is 4.96. The quantitative estimate of drug-likeness (QED) is 0.904. The van der Waals surface area contributed by atoms with Crippen molar-refractivity contribution in [1.29, 1.82) is 0 Å². The molecule has 2 aromatic rings. The Kier molecular flexibility index (Phi) is 4.94. The Balaban J connectivity index is 1.81. The normalized spacial score (nSPS) is 15.5. The summed E-state index contributed by atoms with van der Waals surface area (Å²) in [6.07, 6.45) is 3.73. The summed E-state index contributed by atoms with van der Waals surface area (Å²) in [5, 5.41) is 7.64. The fraction of sp³-hybridized carbons (Fsp3) is 0.529. The Morgan fingerprint density at radius 1 is 1.32 bits per heavy atom. The second-order valence-corrected chi connectivity index (χ2v) is 6.87. The molecule has 25 heavy (non-hydrogen) atoms. The van der Waals surface area contributed by atoms with E-state index < -0.39 is 0 Å². The van der Waals surface area contributed by atoms with Gasteiger partial charge in [-0.15, -0.1) is 0 Å². The number of anilines is 1. The molecular weight excluding hydrogens is 340 g/mol. The van der Waals surface area contributed by atoms with Gasteiger partial charge in [0, 0.05) is 31.4 Å². The number of hydrogen-bond donors (Lipinski definition) is 1. The predicted octanol–water partition coefficient (Wildman–Crippen LogP) is 2.57. The van der Waals surface area contributed by atoms with Gasteiger partial charge in [-0.05, 0) is 33.6 Å². The number of amides is 1. The van der Waals surface area contributed by atoms with Crippen molar-refractivity contribution in [2.24, 2.45) is 7.05 Å². The maximum absolute atomic E-state index is 12.7. The molecular formula is C17H23ClN6O. The number of carbonyl (C=O) groups excluding carboxylic acids is 1. The predicted molar refractivity (Wildman–Crippen MR) is 97.1 cm³/mol. The monoisotopic (exact) mass is 362 g/mol. The lowest BCUT2D eigenvalue weighted by atomic mass is 10.1. The number of hydrogen-bond acceptors (Lipinski definition) is 5. The van der Waals surface area contributed by atoms with Crippen molar-refractivity contribution in [1.82, 2.24) is 25.1 Å². The minimum absolute atomic E-state index is 0.192. The highest BCUT2D eigenvalue weighted by atomic mass is 35.5. The average molecular weight is 363 g/mol.